The third-order valence-corrected chi connectivity index (χ3v) is 9.41. The second kappa shape index (κ2) is 10.9. The lowest BCUT2D eigenvalue weighted by molar-refractivity contribution is 1.03. The van der Waals surface area contributed by atoms with Crippen molar-refractivity contribution < 1.29 is 0 Å². The fourth-order valence-corrected chi connectivity index (χ4v) is 7.13. The molecule has 3 heterocycles. The van der Waals surface area contributed by atoms with Crippen LogP contribution in [0.25, 0.3) is 94.2 Å². The highest BCUT2D eigenvalue weighted by Gasteiger charge is 2.19. The summed E-state index contributed by atoms with van der Waals surface area (Å²) in [5, 5.41) is 9.62. The summed E-state index contributed by atoms with van der Waals surface area (Å²) < 4.78 is 2.27. The summed E-state index contributed by atoms with van der Waals surface area (Å²) in [6, 6.07) is 56.9. The van der Waals surface area contributed by atoms with Gasteiger partial charge in [0, 0.05) is 21.9 Å². The van der Waals surface area contributed by atoms with Crippen LogP contribution in [0.4, 0.5) is 0 Å². The predicted octanol–water partition coefficient (Wildman–Crippen LogP) is 10.8. The van der Waals surface area contributed by atoms with E-state index in [9.17, 15) is 0 Å². The molecular formula is C44H27N5. The summed E-state index contributed by atoms with van der Waals surface area (Å²) in [4.78, 5) is 20.3. The van der Waals surface area contributed by atoms with E-state index in [1.807, 2.05) is 42.5 Å². The molecule has 49 heavy (non-hydrogen) atoms. The van der Waals surface area contributed by atoms with Crippen LogP contribution < -0.4 is 0 Å². The summed E-state index contributed by atoms with van der Waals surface area (Å²) in [6.45, 7) is 0. The highest BCUT2D eigenvalue weighted by atomic mass is 15.1. The first kappa shape index (κ1) is 27.4. The van der Waals surface area contributed by atoms with Gasteiger partial charge >= 0.3 is 0 Å². The Labute approximate surface area is 281 Å². The standard InChI is InChI=1S/C44H27N5/c1-2-14-31(15-3-1)42-46-43(33-22-21-28-11-4-5-16-32(28)27-33)48-44(47-42)36-19-10-20-39(45-36)49-37-25-23-29-12-6-8-17-34(29)40(37)41-35-18-9-7-13-30(35)24-26-38(41)49/h1-27H. The molecule has 0 saturated carbocycles. The van der Waals surface area contributed by atoms with Gasteiger partial charge in [-0.25, -0.2) is 19.9 Å². The van der Waals surface area contributed by atoms with Gasteiger partial charge < -0.3 is 0 Å². The summed E-state index contributed by atoms with van der Waals surface area (Å²) in [6.07, 6.45) is 0. The first-order valence-electron chi connectivity index (χ1n) is 16.4. The fourth-order valence-electron chi connectivity index (χ4n) is 7.13. The summed E-state index contributed by atoms with van der Waals surface area (Å²) in [5.41, 5.74) is 4.73. The molecule has 7 aromatic carbocycles. The van der Waals surface area contributed by atoms with E-state index in [1.165, 1.54) is 37.7 Å². The van der Waals surface area contributed by atoms with Gasteiger partial charge in [0.15, 0.2) is 17.5 Å². The largest absolute Gasteiger partial charge is 0.294 e. The number of benzene rings is 7. The highest BCUT2D eigenvalue weighted by Crippen LogP contribution is 2.40. The van der Waals surface area contributed by atoms with Crippen molar-refractivity contribution in [1.29, 1.82) is 0 Å². The summed E-state index contributed by atoms with van der Waals surface area (Å²) >= 11 is 0. The van der Waals surface area contributed by atoms with E-state index in [-0.39, 0.29) is 0 Å². The number of aromatic nitrogens is 5. The van der Waals surface area contributed by atoms with Crippen LogP contribution in [0.3, 0.4) is 0 Å². The monoisotopic (exact) mass is 625 g/mol. The van der Waals surface area contributed by atoms with E-state index in [0.29, 0.717) is 23.2 Å². The Bertz CT molecular complexity index is 2800. The lowest BCUT2D eigenvalue weighted by Gasteiger charge is -2.11. The number of fused-ring (bicyclic) bond motifs is 8. The van der Waals surface area contributed by atoms with E-state index >= 15 is 0 Å². The van der Waals surface area contributed by atoms with Gasteiger partial charge in [-0.15, -0.1) is 0 Å². The van der Waals surface area contributed by atoms with Crippen LogP contribution in [0, 0.1) is 0 Å². The maximum absolute atomic E-state index is 5.28. The Morgan fingerprint density at radius 1 is 0.347 bits per heavy atom. The Hall–Kier alpha value is -6.72. The van der Waals surface area contributed by atoms with Crippen LogP contribution in [0.15, 0.2) is 164 Å². The normalized spacial score (nSPS) is 11.7. The van der Waals surface area contributed by atoms with E-state index in [2.05, 4.69) is 126 Å². The minimum absolute atomic E-state index is 0.524. The number of hydrogen-bond donors (Lipinski definition) is 0. The molecule has 0 amide bonds. The predicted molar refractivity (Wildman–Crippen MR) is 201 cm³/mol. The first-order valence-corrected chi connectivity index (χ1v) is 16.4. The lowest BCUT2D eigenvalue weighted by atomic mass is 10.00. The van der Waals surface area contributed by atoms with Gasteiger partial charge in [-0.2, -0.15) is 0 Å². The minimum atomic E-state index is 0.524. The Balaban J connectivity index is 1.21. The molecule has 0 atom stereocenters. The van der Waals surface area contributed by atoms with Crippen molar-refractivity contribution in [3.05, 3.63) is 164 Å². The van der Waals surface area contributed by atoms with Crippen molar-refractivity contribution in [3.63, 3.8) is 0 Å². The second-order valence-corrected chi connectivity index (χ2v) is 12.3. The lowest BCUT2D eigenvalue weighted by Crippen LogP contribution is -2.03. The number of nitrogens with zero attached hydrogens (tertiary/aromatic N) is 5. The van der Waals surface area contributed by atoms with Gasteiger partial charge in [0.2, 0.25) is 0 Å². The molecule has 10 aromatic rings. The first-order chi connectivity index (χ1) is 24.3. The number of hydrogen-bond acceptors (Lipinski definition) is 4. The van der Waals surface area contributed by atoms with Crippen LogP contribution in [0.1, 0.15) is 0 Å². The molecule has 0 radical (unpaired) electrons. The maximum atomic E-state index is 5.28. The third-order valence-electron chi connectivity index (χ3n) is 9.41. The molecule has 0 spiro atoms. The SMILES string of the molecule is c1ccc(-c2nc(-c3ccc4ccccc4c3)nc(-c3cccc(-n4c5ccc6ccccc6c5c5c6ccccc6ccc54)n3)n2)cc1. The van der Waals surface area contributed by atoms with Crippen molar-refractivity contribution in [2.75, 3.05) is 0 Å². The van der Waals surface area contributed by atoms with E-state index < -0.39 is 0 Å². The quantitative estimate of drug-likeness (QED) is 0.195. The smallest absolute Gasteiger partial charge is 0.182 e. The average Bonchev–Trinajstić information content (AvgIpc) is 3.53. The zero-order chi connectivity index (χ0) is 32.3. The molecule has 0 aliphatic carbocycles. The van der Waals surface area contributed by atoms with Gasteiger partial charge in [-0.3, -0.25) is 4.57 Å². The van der Waals surface area contributed by atoms with Crippen LogP contribution in [-0.4, -0.2) is 24.5 Å². The zero-order valence-corrected chi connectivity index (χ0v) is 26.3. The third kappa shape index (κ3) is 4.48. The minimum Gasteiger partial charge on any atom is -0.294 e. The summed E-state index contributed by atoms with van der Waals surface area (Å²) in [7, 11) is 0. The molecule has 0 bridgehead atoms. The van der Waals surface area contributed by atoms with E-state index in [4.69, 9.17) is 19.9 Å². The topological polar surface area (TPSA) is 56.5 Å². The van der Waals surface area contributed by atoms with E-state index in [1.54, 1.807) is 0 Å². The molecule has 0 saturated heterocycles. The van der Waals surface area contributed by atoms with Crippen molar-refractivity contribution in [3.8, 4) is 40.1 Å². The Morgan fingerprint density at radius 3 is 1.59 bits per heavy atom. The maximum Gasteiger partial charge on any atom is 0.182 e. The molecule has 0 N–H and O–H groups in total. The molecule has 0 unspecified atom stereocenters. The second-order valence-electron chi connectivity index (χ2n) is 12.3. The van der Waals surface area contributed by atoms with E-state index in [0.717, 1.165) is 33.4 Å². The molecule has 0 fully saturated rings. The molecule has 3 aromatic heterocycles. The molecule has 228 valence electrons. The van der Waals surface area contributed by atoms with Gasteiger partial charge in [0.05, 0.1) is 11.0 Å². The van der Waals surface area contributed by atoms with Gasteiger partial charge in [-0.05, 0) is 62.6 Å². The van der Waals surface area contributed by atoms with Gasteiger partial charge in [-0.1, -0.05) is 133 Å². The van der Waals surface area contributed by atoms with Crippen LogP contribution in [-0.2, 0) is 0 Å². The van der Waals surface area contributed by atoms with Crippen LogP contribution in [0.2, 0.25) is 0 Å². The molecule has 5 nitrogen and oxygen atoms in total. The van der Waals surface area contributed by atoms with Crippen molar-refractivity contribution >= 4 is 54.1 Å². The molecular weight excluding hydrogens is 599 g/mol. The van der Waals surface area contributed by atoms with Gasteiger partial charge in [0.1, 0.15) is 11.5 Å². The van der Waals surface area contributed by atoms with Crippen molar-refractivity contribution in [1.82, 2.24) is 24.5 Å². The Kier molecular flexibility index (Phi) is 6.11. The highest BCUT2D eigenvalue weighted by molar-refractivity contribution is 6.28. The zero-order valence-electron chi connectivity index (χ0n) is 26.3. The van der Waals surface area contributed by atoms with Crippen LogP contribution in [0.5, 0.6) is 0 Å². The fraction of sp³-hybridized carbons (Fsp3) is 0. The number of pyridine rings is 1. The Morgan fingerprint density at radius 2 is 0.898 bits per heavy atom. The van der Waals surface area contributed by atoms with Crippen molar-refractivity contribution in [2.45, 2.75) is 0 Å². The molecule has 10 rings (SSSR count). The summed E-state index contributed by atoms with van der Waals surface area (Å²) in [5.74, 6) is 2.54. The average molecular weight is 626 g/mol. The molecule has 0 aliphatic rings. The van der Waals surface area contributed by atoms with Crippen LogP contribution >= 0.6 is 0 Å². The van der Waals surface area contributed by atoms with Crippen molar-refractivity contribution in [2.24, 2.45) is 0 Å². The molecule has 5 heteroatoms. The number of rotatable bonds is 4. The molecule has 0 aliphatic heterocycles. The van der Waals surface area contributed by atoms with Gasteiger partial charge in [0.25, 0.3) is 0 Å².